The third kappa shape index (κ3) is 2.59. The van der Waals surface area contributed by atoms with Gasteiger partial charge in [-0.25, -0.2) is 0 Å². The molecule has 6 heteroatoms. The number of aryl methyl sites for hydroxylation is 2. The lowest BCUT2D eigenvalue weighted by Crippen LogP contribution is -2.16. The largest absolute Gasteiger partial charge is 0.324 e. The maximum atomic E-state index is 6.20. The van der Waals surface area contributed by atoms with Crippen LogP contribution in [-0.4, -0.2) is 20.0 Å². The molecule has 2 heterocycles. The molecular formula is C12H16BrN5. The molecular weight excluding hydrogens is 294 g/mol. The van der Waals surface area contributed by atoms with Gasteiger partial charge in [0.25, 0.3) is 0 Å². The normalized spacial score (nSPS) is 12.7. The topological polar surface area (TPSA) is 69.6 Å². The summed E-state index contributed by atoms with van der Waals surface area (Å²) in [7, 11) is 0. The van der Waals surface area contributed by atoms with Gasteiger partial charge in [0.05, 0.1) is 22.1 Å². The highest BCUT2D eigenvalue weighted by Crippen LogP contribution is 2.25. The summed E-state index contributed by atoms with van der Waals surface area (Å²) in [4.78, 5) is 0. The number of hydrogen-bond acceptors (Lipinski definition) is 4. The highest BCUT2D eigenvalue weighted by molar-refractivity contribution is 9.10. The molecule has 0 radical (unpaired) electrons. The van der Waals surface area contributed by atoms with E-state index in [0.29, 0.717) is 0 Å². The fraction of sp³-hybridized carbons (Fsp3) is 0.417. The molecule has 2 aromatic rings. The summed E-state index contributed by atoms with van der Waals surface area (Å²) in [5.74, 6) is 0. The summed E-state index contributed by atoms with van der Waals surface area (Å²) in [5, 5.41) is 12.1. The summed E-state index contributed by atoms with van der Waals surface area (Å²) >= 11 is 3.58. The third-order valence-electron chi connectivity index (χ3n) is 2.90. The second-order valence-electron chi connectivity index (χ2n) is 4.15. The first kappa shape index (κ1) is 13.2. The van der Waals surface area contributed by atoms with Crippen LogP contribution in [0.15, 0.2) is 22.9 Å². The number of rotatable bonds is 4. The van der Waals surface area contributed by atoms with Crippen molar-refractivity contribution in [2.45, 2.75) is 32.9 Å². The van der Waals surface area contributed by atoms with Gasteiger partial charge in [0, 0.05) is 25.2 Å². The van der Waals surface area contributed by atoms with E-state index in [1.807, 2.05) is 17.7 Å². The molecule has 0 amide bonds. The molecule has 2 N–H and O–H groups in total. The molecule has 0 saturated heterocycles. The Morgan fingerprint density at radius 2 is 2.22 bits per heavy atom. The lowest BCUT2D eigenvalue weighted by atomic mass is 10.1. The number of nitrogens with two attached hydrogens (primary N) is 1. The second kappa shape index (κ2) is 5.58. The molecule has 0 aliphatic carbocycles. The number of halogens is 1. The van der Waals surface area contributed by atoms with Crippen molar-refractivity contribution in [1.29, 1.82) is 0 Å². The molecule has 0 spiro atoms. The predicted molar refractivity (Wildman–Crippen MR) is 73.0 cm³/mol. The summed E-state index contributed by atoms with van der Waals surface area (Å²) in [6.45, 7) is 4.89. The monoisotopic (exact) mass is 309 g/mol. The molecule has 2 aromatic heterocycles. The molecule has 18 heavy (non-hydrogen) atoms. The average molecular weight is 310 g/mol. The van der Waals surface area contributed by atoms with E-state index in [1.54, 1.807) is 12.4 Å². The summed E-state index contributed by atoms with van der Waals surface area (Å²) in [6.07, 6.45) is 4.09. The maximum Gasteiger partial charge on any atom is 0.0738 e. The van der Waals surface area contributed by atoms with Gasteiger partial charge in [-0.2, -0.15) is 15.3 Å². The van der Waals surface area contributed by atoms with Crippen LogP contribution in [-0.2, 0) is 13.0 Å². The summed E-state index contributed by atoms with van der Waals surface area (Å²) in [6, 6.07) is 1.80. The Labute approximate surface area is 115 Å². The molecule has 5 nitrogen and oxygen atoms in total. The lowest BCUT2D eigenvalue weighted by molar-refractivity contribution is 0.585. The Kier molecular flexibility index (Phi) is 4.08. The zero-order valence-corrected chi connectivity index (χ0v) is 12.1. The van der Waals surface area contributed by atoms with Crippen LogP contribution in [0.1, 0.15) is 29.9 Å². The SMILES string of the molecule is CCn1nc(C)c(Br)c1CC(N)c1ccnnc1. The third-order valence-corrected chi connectivity index (χ3v) is 3.93. The minimum Gasteiger partial charge on any atom is -0.324 e. The Balaban J connectivity index is 2.24. The van der Waals surface area contributed by atoms with E-state index in [9.17, 15) is 0 Å². The molecule has 1 unspecified atom stereocenters. The summed E-state index contributed by atoms with van der Waals surface area (Å²) in [5.41, 5.74) is 9.30. The van der Waals surface area contributed by atoms with E-state index in [2.05, 4.69) is 38.1 Å². The smallest absolute Gasteiger partial charge is 0.0738 e. The van der Waals surface area contributed by atoms with Crippen LogP contribution in [0, 0.1) is 6.92 Å². The number of nitrogens with zero attached hydrogens (tertiary/aromatic N) is 4. The number of aromatic nitrogens is 4. The van der Waals surface area contributed by atoms with E-state index >= 15 is 0 Å². The fourth-order valence-electron chi connectivity index (χ4n) is 1.91. The van der Waals surface area contributed by atoms with Crippen LogP contribution in [0.4, 0.5) is 0 Å². The molecule has 0 aliphatic rings. The predicted octanol–water partition coefficient (Wildman–Crippen LogP) is 2.01. The van der Waals surface area contributed by atoms with Crippen molar-refractivity contribution >= 4 is 15.9 Å². The minimum atomic E-state index is -0.0989. The van der Waals surface area contributed by atoms with Gasteiger partial charge in [-0.05, 0) is 41.4 Å². The van der Waals surface area contributed by atoms with Crippen LogP contribution >= 0.6 is 15.9 Å². The first-order valence-electron chi connectivity index (χ1n) is 5.87. The van der Waals surface area contributed by atoms with Crippen LogP contribution in [0.5, 0.6) is 0 Å². The maximum absolute atomic E-state index is 6.20. The molecule has 0 saturated carbocycles. The van der Waals surface area contributed by atoms with Crippen LogP contribution in [0.25, 0.3) is 0 Å². The van der Waals surface area contributed by atoms with Crippen LogP contribution in [0.3, 0.4) is 0 Å². The lowest BCUT2D eigenvalue weighted by Gasteiger charge is -2.12. The molecule has 0 fully saturated rings. The Morgan fingerprint density at radius 1 is 1.44 bits per heavy atom. The Morgan fingerprint density at radius 3 is 2.83 bits per heavy atom. The second-order valence-corrected chi connectivity index (χ2v) is 4.94. The van der Waals surface area contributed by atoms with Gasteiger partial charge in [0.1, 0.15) is 0 Å². The molecule has 0 bridgehead atoms. The van der Waals surface area contributed by atoms with Crippen molar-refractivity contribution in [2.24, 2.45) is 5.73 Å². The van der Waals surface area contributed by atoms with Crippen molar-refractivity contribution in [3.05, 3.63) is 39.9 Å². The van der Waals surface area contributed by atoms with E-state index in [1.165, 1.54) is 0 Å². The minimum absolute atomic E-state index is 0.0989. The van der Waals surface area contributed by atoms with E-state index in [0.717, 1.165) is 34.4 Å². The van der Waals surface area contributed by atoms with Gasteiger partial charge in [-0.1, -0.05) is 0 Å². The van der Waals surface area contributed by atoms with Gasteiger partial charge < -0.3 is 5.73 Å². The molecule has 0 aromatic carbocycles. The molecule has 96 valence electrons. The first-order chi connectivity index (χ1) is 8.63. The quantitative estimate of drug-likeness (QED) is 0.938. The van der Waals surface area contributed by atoms with Crippen molar-refractivity contribution in [2.75, 3.05) is 0 Å². The van der Waals surface area contributed by atoms with Gasteiger partial charge in [0.2, 0.25) is 0 Å². The van der Waals surface area contributed by atoms with Gasteiger partial charge >= 0.3 is 0 Å². The van der Waals surface area contributed by atoms with Crippen molar-refractivity contribution in [3.63, 3.8) is 0 Å². The Bertz CT molecular complexity index is 523. The standard InChI is InChI=1S/C12H16BrN5/c1-3-18-11(12(13)8(2)17-18)6-10(14)9-4-5-15-16-7-9/h4-5,7,10H,3,6,14H2,1-2H3. The fourth-order valence-corrected chi connectivity index (χ4v) is 2.36. The zero-order chi connectivity index (χ0) is 13.1. The van der Waals surface area contributed by atoms with Crippen molar-refractivity contribution < 1.29 is 0 Å². The van der Waals surface area contributed by atoms with Crippen LogP contribution < -0.4 is 5.73 Å². The average Bonchev–Trinajstić information content (AvgIpc) is 2.67. The molecule has 1 atom stereocenters. The highest BCUT2D eigenvalue weighted by atomic mass is 79.9. The van der Waals surface area contributed by atoms with Crippen molar-refractivity contribution in [3.8, 4) is 0 Å². The zero-order valence-electron chi connectivity index (χ0n) is 10.5. The van der Waals surface area contributed by atoms with E-state index in [-0.39, 0.29) is 6.04 Å². The van der Waals surface area contributed by atoms with Gasteiger partial charge in [-0.15, -0.1) is 0 Å². The van der Waals surface area contributed by atoms with Gasteiger partial charge in [0.15, 0.2) is 0 Å². The van der Waals surface area contributed by atoms with Crippen LogP contribution in [0.2, 0.25) is 0 Å². The molecule has 2 rings (SSSR count). The van der Waals surface area contributed by atoms with E-state index in [4.69, 9.17) is 5.73 Å². The first-order valence-corrected chi connectivity index (χ1v) is 6.66. The number of hydrogen-bond donors (Lipinski definition) is 1. The van der Waals surface area contributed by atoms with E-state index < -0.39 is 0 Å². The Hall–Kier alpha value is -1.27. The molecule has 0 aliphatic heterocycles. The van der Waals surface area contributed by atoms with Crippen molar-refractivity contribution in [1.82, 2.24) is 20.0 Å². The summed E-state index contributed by atoms with van der Waals surface area (Å²) < 4.78 is 3.02. The highest BCUT2D eigenvalue weighted by Gasteiger charge is 2.16. The van der Waals surface area contributed by atoms with Gasteiger partial charge in [-0.3, -0.25) is 4.68 Å².